The number of aryl methyl sites for hydroxylation is 1. The lowest BCUT2D eigenvalue weighted by Crippen LogP contribution is -2.39. The smallest absolute Gasteiger partial charge is 0.335 e. The van der Waals surface area contributed by atoms with E-state index in [0.29, 0.717) is 12.2 Å². The number of aromatic nitrogens is 1. The van der Waals surface area contributed by atoms with Gasteiger partial charge in [-0.3, -0.25) is 4.90 Å². The summed E-state index contributed by atoms with van der Waals surface area (Å²) in [5, 5.41) is 10.5. The van der Waals surface area contributed by atoms with Crippen LogP contribution in [-0.2, 0) is 11.3 Å². The molecule has 1 aliphatic heterocycles. The van der Waals surface area contributed by atoms with Gasteiger partial charge in [-0.1, -0.05) is 12.1 Å². The fourth-order valence-electron chi connectivity index (χ4n) is 5.03. The number of benzene rings is 2. The molecule has 0 unspecified atom stereocenters. The molecule has 6 heteroatoms. The fraction of sp³-hybridized carbons (Fsp3) is 0.423. The third-order valence-corrected chi connectivity index (χ3v) is 6.80. The van der Waals surface area contributed by atoms with Crippen LogP contribution in [0, 0.1) is 13.8 Å². The van der Waals surface area contributed by atoms with Crippen LogP contribution in [0.5, 0.6) is 5.75 Å². The summed E-state index contributed by atoms with van der Waals surface area (Å²) in [6, 6.07) is 9.55. The third kappa shape index (κ3) is 4.12. The molecule has 1 aromatic heterocycles. The maximum absolute atomic E-state index is 11.3. The number of likely N-dealkylation sites (tertiary alicyclic amines) is 1. The lowest BCUT2D eigenvalue weighted by molar-refractivity contribution is -0.0138. The lowest BCUT2D eigenvalue weighted by Gasteiger charge is -2.40. The number of rotatable bonds is 7. The molecule has 2 N–H and O–H groups in total. The van der Waals surface area contributed by atoms with Crippen LogP contribution in [0.25, 0.3) is 10.9 Å². The van der Waals surface area contributed by atoms with Crippen LogP contribution in [-0.4, -0.2) is 47.3 Å². The number of piperidine rings is 1. The number of H-pyrrole nitrogens is 1. The van der Waals surface area contributed by atoms with Crippen molar-refractivity contribution in [2.75, 3.05) is 20.3 Å². The number of carboxylic acid groups (broad SMARTS) is 1. The SMILES string of the molecule is CCO[C@H]1CCN(Cc2c(OC)c(C)c(C)c3[nH]ccc23)[C@H](c2ccc(C(=O)O)cc2)C1. The molecule has 32 heavy (non-hydrogen) atoms. The molecular weight excluding hydrogens is 404 g/mol. The molecule has 0 spiro atoms. The molecule has 0 radical (unpaired) electrons. The van der Waals surface area contributed by atoms with Crippen molar-refractivity contribution in [3.05, 3.63) is 64.3 Å². The number of methoxy groups -OCH3 is 1. The highest BCUT2D eigenvalue weighted by atomic mass is 16.5. The van der Waals surface area contributed by atoms with Crippen molar-refractivity contribution in [3.63, 3.8) is 0 Å². The van der Waals surface area contributed by atoms with Gasteiger partial charge in [0.2, 0.25) is 0 Å². The minimum Gasteiger partial charge on any atom is -0.496 e. The number of ether oxygens (including phenoxy) is 2. The van der Waals surface area contributed by atoms with Gasteiger partial charge in [0.05, 0.1) is 18.8 Å². The van der Waals surface area contributed by atoms with E-state index in [-0.39, 0.29) is 12.1 Å². The number of hydrogen-bond donors (Lipinski definition) is 2. The predicted octanol–water partition coefficient (Wildman–Crippen LogP) is 5.23. The zero-order chi connectivity index (χ0) is 22.8. The molecule has 3 aromatic rings. The van der Waals surface area contributed by atoms with Gasteiger partial charge < -0.3 is 19.6 Å². The summed E-state index contributed by atoms with van der Waals surface area (Å²) in [4.78, 5) is 17.2. The number of aromatic carboxylic acids is 1. The van der Waals surface area contributed by atoms with Gasteiger partial charge in [0.25, 0.3) is 0 Å². The molecule has 4 rings (SSSR count). The highest BCUT2D eigenvalue weighted by molar-refractivity contribution is 5.89. The van der Waals surface area contributed by atoms with Crippen molar-refractivity contribution in [2.45, 2.75) is 52.3 Å². The second-order valence-corrected chi connectivity index (χ2v) is 8.54. The highest BCUT2D eigenvalue weighted by Gasteiger charge is 2.31. The Balaban J connectivity index is 1.72. The number of carboxylic acids is 1. The van der Waals surface area contributed by atoms with E-state index < -0.39 is 5.97 Å². The molecule has 2 heterocycles. The molecule has 1 saturated heterocycles. The van der Waals surface area contributed by atoms with Gasteiger partial charge in [-0.05, 0) is 68.5 Å². The summed E-state index contributed by atoms with van der Waals surface area (Å²) in [6.45, 7) is 8.62. The zero-order valence-electron chi connectivity index (χ0n) is 19.3. The van der Waals surface area contributed by atoms with Crippen LogP contribution in [0.3, 0.4) is 0 Å². The summed E-state index contributed by atoms with van der Waals surface area (Å²) in [5.41, 5.74) is 6.14. The maximum Gasteiger partial charge on any atom is 0.335 e. The molecule has 2 aromatic carbocycles. The molecule has 1 aliphatic rings. The zero-order valence-corrected chi connectivity index (χ0v) is 19.3. The minimum absolute atomic E-state index is 0.142. The van der Waals surface area contributed by atoms with Crippen LogP contribution in [0.15, 0.2) is 36.5 Å². The number of hydrogen-bond acceptors (Lipinski definition) is 4. The molecule has 2 atom stereocenters. The Morgan fingerprint density at radius 1 is 1.19 bits per heavy atom. The number of carbonyl (C=O) groups is 1. The first-order valence-corrected chi connectivity index (χ1v) is 11.3. The standard InChI is InChI=1S/C26H32N2O4/c1-5-32-20-11-13-28(23(14-20)18-6-8-19(9-7-18)26(29)30)15-22-21-10-12-27-24(21)16(2)17(3)25(22)31-4/h6-10,12,20,23,27H,5,11,13-15H2,1-4H3,(H,29,30)/t20-,23-/m0/s1. The molecule has 1 fully saturated rings. The molecule has 170 valence electrons. The second kappa shape index (κ2) is 9.35. The summed E-state index contributed by atoms with van der Waals surface area (Å²) >= 11 is 0. The van der Waals surface area contributed by atoms with Crippen molar-refractivity contribution < 1.29 is 19.4 Å². The number of aromatic amines is 1. The first kappa shape index (κ1) is 22.4. The maximum atomic E-state index is 11.3. The highest BCUT2D eigenvalue weighted by Crippen LogP contribution is 2.39. The summed E-state index contributed by atoms with van der Waals surface area (Å²) in [6.07, 6.45) is 4.04. The van der Waals surface area contributed by atoms with Gasteiger partial charge in [0.1, 0.15) is 5.75 Å². The topological polar surface area (TPSA) is 74.8 Å². The first-order chi connectivity index (χ1) is 15.4. The average molecular weight is 437 g/mol. The minimum atomic E-state index is -0.904. The summed E-state index contributed by atoms with van der Waals surface area (Å²) < 4.78 is 11.9. The summed E-state index contributed by atoms with van der Waals surface area (Å²) in [5.74, 6) is 0.0421. The fourth-order valence-corrected chi connectivity index (χ4v) is 5.03. The van der Waals surface area contributed by atoms with E-state index in [0.717, 1.165) is 48.3 Å². The Hall–Kier alpha value is -2.83. The van der Waals surface area contributed by atoms with Gasteiger partial charge in [0, 0.05) is 48.4 Å². The van der Waals surface area contributed by atoms with E-state index in [1.165, 1.54) is 16.5 Å². The molecule has 6 nitrogen and oxygen atoms in total. The van der Waals surface area contributed by atoms with Crippen molar-refractivity contribution in [3.8, 4) is 5.75 Å². The number of nitrogens with one attached hydrogen (secondary N) is 1. The van der Waals surface area contributed by atoms with E-state index in [2.05, 4.69) is 29.8 Å². The van der Waals surface area contributed by atoms with Gasteiger partial charge in [-0.15, -0.1) is 0 Å². The van der Waals surface area contributed by atoms with Crippen LogP contribution in [0.4, 0.5) is 0 Å². The van der Waals surface area contributed by atoms with Gasteiger partial charge in [0.15, 0.2) is 0 Å². The third-order valence-electron chi connectivity index (χ3n) is 6.80. The van der Waals surface area contributed by atoms with E-state index in [4.69, 9.17) is 9.47 Å². The molecule has 0 bridgehead atoms. The van der Waals surface area contributed by atoms with Crippen LogP contribution >= 0.6 is 0 Å². The van der Waals surface area contributed by atoms with E-state index >= 15 is 0 Å². The molecule has 0 amide bonds. The van der Waals surface area contributed by atoms with Crippen LogP contribution in [0.2, 0.25) is 0 Å². The summed E-state index contributed by atoms with van der Waals surface area (Å²) in [7, 11) is 1.74. The average Bonchev–Trinajstić information content (AvgIpc) is 3.29. The molecule has 0 saturated carbocycles. The predicted molar refractivity (Wildman–Crippen MR) is 126 cm³/mol. The number of nitrogens with zero attached hydrogens (tertiary/aromatic N) is 1. The second-order valence-electron chi connectivity index (χ2n) is 8.54. The Morgan fingerprint density at radius 3 is 2.59 bits per heavy atom. The van der Waals surface area contributed by atoms with Crippen molar-refractivity contribution in [1.29, 1.82) is 0 Å². The molecular formula is C26H32N2O4. The monoisotopic (exact) mass is 436 g/mol. The van der Waals surface area contributed by atoms with Gasteiger partial charge in [-0.2, -0.15) is 0 Å². The van der Waals surface area contributed by atoms with Gasteiger partial charge in [-0.25, -0.2) is 4.79 Å². The Labute approximate surface area is 189 Å². The lowest BCUT2D eigenvalue weighted by atomic mass is 9.91. The van der Waals surface area contributed by atoms with E-state index in [1.54, 1.807) is 19.2 Å². The molecule has 0 aliphatic carbocycles. The van der Waals surface area contributed by atoms with Crippen LogP contribution < -0.4 is 4.74 Å². The van der Waals surface area contributed by atoms with Crippen LogP contribution in [0.1, 0.15) is 58.4 Å². The first-order valence-electron chi connectivity index (χ1n) is 11.3. The van der Waals surface area contributed by atoms with Crippen molar-refractivity contribution in [2.24, 2.45) is 0 Å². The Kier molecular flexibility index (Phi) is 6.53. The largest absolute Gasteiger partial charge is 0.496 e. The quantitative estimate of drug-likeness (QED) is 0.530. The Bertz CT molecular complexity index is 1100. The van der Waals surface area contributed by atoms with Crippen molar-refractivity contribution >= 4 is 16.9 Å². The van der Waals surface area contributed by atoms with E-state index in [1.807, 2.05) is 25.3 Å². The number of fused-ring (bicyclic) bond motifs is 1. The Morgan fingerprint density at radius 2 is 1.94 bits per heavy atom. The van der Waals surface area contributed by atoms with E-state index in [9.17, 15) is 9.90 Å². The van der Waals surface area contributed by atoms with Gasteiger partial charge >= 0.3 is 5.97 Å². The van der Waals surface area contributed by atoms with Crippen molar-refractivity contribution in [1.82, 2.24) is 9.88 Å². The normalized spacial score (nSPS) is 19.4.